The molecule has 0 aromatic carbocycles. The maximum atomic E-state index is 15.2. The van der Waals surface area contributed by atoms with Crippen molar-refractivity contribution < 1.29 is 124 Å². The highest BCUT2D eigenvalue weighted by Gasteiger charge is 2.73. The second-order valence-corrected chi connectivity index (χ2v) is 27.7. The lowest BCUT2D eigenvalue weighted by atomic mass is 9.32. The molecule has 476 valence electrons. The van der Waals surface area contributed by atoms with E-state index in [1.54, 1.807) is 0 Å². The van der Waals surface area contributed by atoms with Gasteiger partial charge in [0.25, 0.3) is 0 Å². The third-order valence-corrected chi connectivity index (χ3v) is 23.1. The molecule has 5 saturated carbocycles. The molecule has 5 aliphatic carbocycles. The number of aliphatic hydroxyl groups excluding tert-OH is 14. The van der Waals surface area contributed by atoms with Crippen LogP contribution in [0.4, 0.5) is 0 Å². The van der Waals surface area contributed by atoms with Crippen molar-refractivity contribution in [2.45, 2.75) is 260 Å². The molecule has 10 aliphatic rings. The Labute approximate surface area is 483 Å². The number of hydrogen-bond acceptors (Lipinski definition) is 25. The van der Waals surface area contributed by atoms with Crippen LogP contribution in [0.25, 0.3) is 0 Å². The van der Waals surface area contributed by atoms with Gasteiger partial charge in [-0.25, -0.2) is 0 Å². The number of fused-ring (bicyclic) bond motifs is 7. The van der Waals surface area contributed by atoms with Crippen molar-refractivity contribution in [1.29, 1.82) is 0 Å². The quantitative estimate of drug-likeness (QED) is 0.0536. The molecule has 0 amide bonds. The fourth-order valence-corrected chi connectivity index (χ4v) is 18.2. The van der Waals surface area contributed by atoms with Gasteiger partial charge in [-0.3, -0.25) is 4.79 Å². The molecular weight excluding hydrogens is 1100 g/mol. The van der Waals surface area contributed by atoms with Gasteiger partial charge in [0.1, 0.15) is 104 Å². The summed E-state index contributed by atoms with van der Waals surface area (Å²) in [6.45, 7) is 17.6. The van der Waals surface area contributed by atoms with Gasteiger partial charge in [0, 0.05) is 0 Å². The Bertz CT molecular complexity index is 2280. The average Bonchev–Trinajstić information content (AvgIpc) is 1.63. The summed E-state index contributed by atoms with van der Waals surface area (Å²) in [5.74, 6) is -0.253. The van der Waals surface area contributed by atoms with Crippen LogP contribution >= 0.6 is 0 Å². The molecular formula is C58H94O25. The number of ether oxygens (including phenoxy) is 10. The molecule has 0 bridgehead atoms. The molecule has 25 heteroatoms. The van der Waals surface area contributed by atoms with Crippen LogP contribution in [-0.2, 0) is 52.2 Å². The van der Waals surface area contributed by atoms with E-state index in [0.717, 1.165) is 37.7 Å². The summed E-state index contributed by atoms with van der Waals surface area (Å²) in [5, 5.41) is 150. The zero-order valence-electron chi connectivity index (χ0n) is 48.6. The molecule has 5 aliphatic heterocycles. The largest absolute Gasteiger partial charge is 0.432 e. The van der Waals surface area contributed by atoms with Gasteiger partial charge in [0.2, 0.25) is 6.29 Å². The lowest BCUT2D eigenvalue weighted by Crippen LogP contribution is -2.68. The molecule has 0 aromatic rings. The highest BCUT2D eigenvalue weighted by atomic mass is 16.8. The second kappa shape index (κ2) is 23.9. The third-order valence-electron chi connectivity index (χ3n) is 23.1. The normalized spacial score (nSPS) is 55.3. The SMILES string of the molecule is C=C(C)[C@@H]1CC[C@]2(C(=O)O[C@@H]3O[C@H](CO[C@@H]4O[C@H](CO)[C@@H](O[C@@H]5O[C@@H](C)[C@H](O)[C@@H](O)[C@H]5O)[C@H](O)[C@H]4O)[C@@H](O)[C@H](O)[C@H]3O)CC[C@]3(C)[C@H](CC[C@@H]4[C@@]5(C)CC[C@H](O[C@@H]6OC[C@H](O)[C@H](O)[C@H]6O[C@@H]6OC[C@@H](O)[C@H](O)[C@H]6O)C(C)(C)[C@@H]5CC[C@]43C)[C@@H]12. The molecule has 14 N–H and O–H groups in total. The van der Waals surface area contributed by atoms with Gasteiger partial charge in [0.05, 0.1) is 44.1 Å². The zero-order chi connectivity index (χ0) is 60.4. The summed E-state index contributed by atoms with van der Waals surface area (Å²) in [7, 11) is 0. The lowest BCUT2D eigenvalue weighted by molar-refractivity contribution is -0.361. The van der Waals surface area contributed by atoms with Crippen molar-refractivity contribution in [3.8, 4) is 0 Å². The highest BCUT2D eigenvalue weighted by Crippen LogP contribution is 2.78. The summed E-state index contributed by atoms with van der Waals surface area (Å²) < 4.78 is 59.3. The molecule has 5 saturated heterocycles. The molecule has 83 heavy (non-hydrogen) atoms. The van der Waals surface area contributed by atoms with Crippen LogP contribution in [0.2, 0.25) is 0 Å². The first kappa shape index (κ1) is 64.3. The summed E-state index contributed by atoms with van der Waals surface area (Å²) in [6.07, 6.45) is -28.8. The van der Waals surface area contributed by atoms with Crippen LogP contribution in [0.5, 0.6) is 0 Å². The van der Waals surface area contributed by atoms with Crippen molar-refractivity contribution in [2.24, 2.45) is 56.7 Å². The van der Waals surface area contributed by atoms with E-state index in [-0.39, 0.29) is 65.2 Å². The number of rotatable bonds is 13. The van der Waals surface area contributed by atoms with Gasteiger partial charge >= 0.3 is 5.97 Å². The van der Waals surface area contributed by atoms with Gasteiger partial charge in [0.15, 0.2) is 25.2 Å². The monoisotopic (exact) mass is 1190 g/mol. The molecule has 0 radical (unpaired) electrons. The van der Waals surface area contributed by atoms with Crippen LogP contribution in [0.3, 0.4) is 0 Å². The minimum Gasteiger partial charge on any atom is -0.432 e. The first-order valence-electron chi connectivity index (χ1n) is 30.1. The lowest BCUT2D eigenvalue weighted by Gasteiger charge is -2.73. The van der Waals surface area contributed by atoms with Crippen molar-refractivity contribution in [2.75, 3.05) is 26.4 Å². The van der Waals surface area contributed by atoms with Gasteiger partial charge in [-0.2, -0.15) is 0 Å². The molecule has 25 nitrogen and oxygen atoms in total. The maximum absolute atomic E-state index is 15.2. The minimum atomic E-state index is -1.88. The van der Waals surface area contributed by atoms with Crippen LogP contribution in [0.1, 0.15) is 113 Å². The number of hydrogen-bond donors (Lipinski definition) is 14. The Morgan fingerprint density at radius 2 is 1.16 bits per heavy atom. The summed E-state index contributed by atoms with van der Waals surface area (Å²) in [4.78, 5) is 15.2. The van der Waals surface area contributed by atoms with Gasteiger partial charge < -0.3 is 119 Å². The van der Waals surface area contributed by atoms with E-state index in [9.17, 15) is 71.5 Å². The van der Waals surface area contributed by atoms with E-state index in [4.69, 9.17) is 47.4 Å². The molecule has 33 atom stereocenters. The second-order valence-electron chi connectivity index (χ2n) is 27.7. The molecule has 0 spiro atoms. The van der Waals surface area contributed by atoms with E-state index >= 15 is 4.79 Å². The van der Waals surface area contributed by atoms with Crippen molar-refractivity contribution in [3.63, 3.8) is 0 Å². The fourth-order valence-electron chi connectivity index (χ4n) is 18.2. The summed E-state index contributed by atoms with van der Waals surface area (Å²) in [5.41, 5.74) is -1.01. The van der Waals surface area contributed by atoms with Crippen LogP contribution in [0, 0.1) is 56.7 Å². The Morgan fingerprint density at radius 3 is 1.84 bits per heavy atom. The predicted octanol–water partition coefficient (Wildman–Crippen LogP) is -2.05. The zero-order valence-corrected chi connectivity index (χ0v) is 48.6. The first-order chi connectivity index (χ1) is 39.0. The Balaban J connectivity index is 0.811. The molecule has 0 unspecified atom stereocenters. The number of aliphatic hydroxyl groups is 14. The van der Waals surface area contributed by atoms with Gasteiger partial charge in [-0.1, -0.05) is 46.8 Å². The van der Waals surface area contributed by atoms with Crippen molar-refractivity contribution >= 4 is 5.97 Å². The minimum absolute atomic E-state index is 0.0242. The molecule has 5 heterocycles. The Hall–Kier alpha value is -1.71. The molecule has 10 fully saturated rings. The number of allylic oxidation sites excluding steroid dienone is 1. The van der Waals surface area contributed by atoms with Crippen LogP contribution < -0.4 is 0 Å². The van der Waals surface area contributed by atoms with Gasteiger partial charge in [-0.05, 0) is 129 Å². The van der Waals surface area contributed by atoms with Crippen molar-refractivity contribution in [3.05, 3.63) is 12.2 Å². The maximum Gasteiger partial charge on any atom is 0.314 e. The fraction of sp³-hybridized carbons (Fsp3) is 0.948. The smallest absolute Gasteiger partial charge is 0.314 e. The standard InChI is InChI=1S/C58H94O25/c1-23(2)25-11-16-58(53(73)83-51-44(71)40(67)38(65)30(79-51)22-76-48-45(72)41(68)46(29(19-59)78-48)81-50-43(70)39(66)35(62)24(3)77-50)18-17-56(7)26(34(25)58)9-10-32-55(6)14-13-33(54(4,5)31(55)12-15-57(32,56)8)80-52-47(37(64)28(61)21-75-52)82-49-42(69)36(63)27(60)20-74-49/h24-52,59-72H,1,9-22H2,2-8H3/t24-,25-,26+,27+,28-,29+,30+,31-,32+,33-,34+,35-,36-,37-,38+,39+,40-,41+,42+,43+,44+,45+,46+,47+,48+,49-,50-,51-,52-,55-,56+,57+,58-/m0/s1. The van der Waals surface area contributed by atoms with Crippen molar-refractivity contribution in [1.82, 2.24) is 0 Å². The van der Waals surface area contributed by atoms with Gasteiger partial charge in [-0.15, -0.1) is 0 Å². The van der Waals surface area contributed by atoms with E-state index in [2.05, 4.69) is 41.2 Å². The summed E-state index contributed by atoms with van der Waals surface area (Å²) in [6, 6.07) is 0. The Morgan fingerprint density at radius 1 is 0.542 bits per heavy atom. The number of esters is 1. The average molecular weight is 1190 g/mol. The van der Waals surface area contributed by atoms with E-state index in [1.807, 2.05) is 6.92 Å². The van der Waals surface area contributed by atoms with Crippen LogP contribution in [0.15, 0.2) is 12.2 Å². The first-order valence-corrected chi connectivity index (χ1v) is 30.1. The molecule has 0 aromatic heterocycles. The van der Waals surface area contributed by atoms with E-state index in [1.165, 1.54) is 6.92 Å². The topological polar surface area (TPSA) is 393 Å². The van der Waals surface area contributed by atoms with Crippen LogP contribution in [-0.4, -0.2) is 251 Å². The van der Waals surface area contributed by atoms with E-state index < -0.39 is 171 Å². The summed E-state index contributed by atoms with van der Waals surface area (Å²) >= 11 is 0. The van der Waals surface area contributed by atoms with E-state index in [0.29, 0.717) is 32.1 Å². The third kappa shape index (κ3) is 10.7. The molecule has 10 rings (SSSR count). The predicted molar refractivity (Wildman–Crippen MR) is 282 cm³/mol. The highest BCUT2D eigenvalue weighted by molar-refractivity contribution is 5.78. The number of carbonyl (C=O) groups excluding carboxylic acids is 1. The Kier molecular flexibility index (Phi) is 18.5. The number of carbonyl (C=O) groups is 1.